The van der Waals surface area contributed by atoms with Gasteiger partial charge in [0.15, 0.2) is 6.29 Å². The summed E-state index contributed by atoms with van der Waals surface area (Å²) >= 11 is 0. The van der Waals surface area contributed by atoms with Crippen LogP contribution in [0.1, 0.15) is 40.7 Å². The Hall–Kier alpha value is -4.53. The van der Waals surface area contributed by atoms with Gasteiger partial charge in [0.2, 0.25) is 0 Å². The second-order valence-corrected chi connectivity index (χ2v) is 10.0. The van der Waals surface area contributed by atoms with Crippen molar-refractivity contribution in [1.82, 2.24) is 10.8 Å². The minimum absolute atomic E-state index is 0.0356. The Morgan fingerprint density at radius 1 is 0.929 bits per heavy atom. The van der Waals surface area contributed by atoms with Crippen LogP contribution < -0.4 is 15.5 Å². The molecule has 0 spiro atoms. The van der Waals surface area contributed by atoms with E-state index in [1.165, 1.54) is 12.1 Å². The van der Waals surface area contributed by atoms with E-state index < -0.39 is 6.29 Å². The molecule has 7 nitrogen and oxygen atoms in total. The maximum absolute atomic E-state index is 13.3. The Morgan fingerprint density at radius 3 is 2.50 bits per heavy atom. The van der Waals surface area contributed by atoms with Crippen LogP contribution in [-0.2, 0) is 20.8 Å². The zero-order chi connectivity index (χ0) is 29.1. The van der Waals surface area contributed by atoms with E-state index in [1.807, 2.05) is 42.5 Å². The lowest BCUT2D eigenvalue weighted by Gasteiger charge is -2.22. The summed E-state index contributed by atoms with van der Waals surface area (Å²) in [7, 11) is 0. The van der Waals surface area contributed by atoms with Crippen molar-refractivity contribution in [3.05, 3.63) is 119 Å². The largest absolute Gasteiger partial charge is 0.488 e. The second-order valence-electron chi connectivity index (χ2n) is 10.0. The quantitative estimate of drug-likeness (QED) is 0.172. The van der Waals surface area contributed by atoms with Crippen LogP contribution in [0.3, 0.4) is 0 Å². The van der Waals surface area contributed by atoms with Gasteiger partial charge >= 0.3 is 0 Å². The van der Waals surface area contributed by atoms with E-state index in [0.717, 1.165) is 41.2 Å². The first-order valence-corrected chi connectivity index (χ1v) is 14.1. The van der Waals surface area contributed by atoms with Crippen LogP contribution >= 0.6 is 0 Å². The number of carbonyl (C=O) groups excluding carboxylic acids is 2. The first kappa shape index (κ1) is 29.0. The van der Waals surface area contributed by atoms with Gasteiger partial charge in [0.05, 0.1) is 5.57 Å². The number of hydroxylamine groups is 1. The summed E-state index contributed by atoms with van der Waals surface area (Å²) < 4.78 is 24.8. The number of hydrogen-bond acceptors (Lipinski definition) is 5. The highest BCUT2D eigenvalue weighted by Crippen LogP contribution is 2.26. The summed E-state index contributed by atoms with van der Waals surface area (Å²) in [5.74, 6) is -0.280. The van der Waals surface area contributed by atoms with Gasteiger partial charge in [0.25, 0.3) is 11.8 Å². The maximum Gasteiger partial charge on any atom is 0.274 e. The molecule has 1 fully saturated rings. The molecule has 0 aromatic heterocycles. The Labute approximate surface area is 244 Å². The van der Waals surface area contributed by atoms with Crippen molar-refractivity contribution in [3.63, 3.8) is 0 Å². The predicted molar refractivity (Wildman–Crippen MR) is 159 cm³/mol. The summed E-state index contributed by atoms with van der Waals surface area (Å²) in [5, 5.41) is 4.93. The van der Waals surface area contributed by atoms with Gasteiger partial charge in [-0.15, -0.1) is 0 Å². The van der Waals surface area contributed by atoms with Gasteiger partial charge in [-0.25, -0.2) is 14.7 Å². The van der Waals surface area contributed by atoms with Crippen LogP contribution in [0.2, 0.25) is 0 Å². The van der Waals surface area contributed by atoms with E-state index in [-0.39, 0.29) is 24.2 Å². The number of amides is 2. The van der Waals surface area contributed by atoms with Crippen LogP contribution in [0.15, 0.2) is 96.6 Å². The molecule has 8 heteroatoms. The fourth-order valence-electron chi connectivity index (χ4n) is 4.65. The topological polar surface area (TPSA) is 85.9 Å². The van der Waals surface area contributed by atoms with Gasteiger partial charge in [0.1, 0.15) is 18.2 Å². The molecule has 1 unspecified atom stereocenters. The highest BCUT2D eigenvalue weighted by atomic mass is 19.1. The second kappa shape index (κ2) is 14.4. The first-order chi connectivity index (χ1) is 20.5. The molecule has 0 bridgehead atoms. The Bertz CT molecular complexity index is 1520. The molecule has 4 aromatic rings. The number of benzene rings is 4. The van der Waals surface area contributed by atoms with Crippen molar-refractivity contribution in [1.29, 1.82) is 0 Å². The molecule has 0 aliphatic carbocycles. The zero-order valence-corrected chi connectivity index (χ0v) is 23.2. The predicted octanol–water partition coefficient (Wildman–Crippen LogP) is 5.99. The maximum atomic E-state index is 13.3. The Morgan fingerprint density at radius 2 is 1.71 bits per heavy atom. The fourth-order valence-corrected chi connectivity index (χ4v) is 4.65. The van der Waals surface area contributed by atoms with Gasteiger partial charge in [-0.1, -0.05) is 60.7 Å². The smallest absolute Gasteiger partial charge is 0.274 e. The lowest BCUT2D eigenvalue weighted by Crippen LogP contribution is -2.33. The van der Waals surface area contributed by atoms with Crippen molar-refractivity contribution >= 4 is 28.7 Å². The first-order valence-electron chi connectivity index (χ1n) is 14.1. The van der Waals surface area contributed by atoms with Crippen molar-refractivity contribution in [2.24, 2.45) is 0 Å². The highest BCUT2D eigenvalue weighted by Gasteiger charge is 2.17. The summed E-state index contributed by atoms with van der Waals surface area (Å²) in [4.78, 5) is 31.2. The SMILES string of the molecule is O=C(NCCc1ccc(F)cc1)C(=Cc1ccc(C(=O)NOC2CCCCO2)cc1)COc1cccc2ccccc12. The highest BCUT2D eigenvalue weighted by molar-refractivity contribution is 5.99. The van der Waals surface area contributed by atoms with Crippen LogP contribution in [0, 0.1) is 5.82 Å². The molecule has 1 aliphatic rings. The van der Waals surface area contributed by atoms with Gasteiger partial charge in [0, 0.05) is 30.5 Å². The minimum atomic E-state index is -0.434. The molecule has 0 radical (unpaired) electrons. The molecular weight excluding hydrogens is 535 g/mol. The number of fused-ring (bicyclic) bond motifs is 1. The van der Waals surface area contributed by atoms with E-state index in [0.29, 0.717) is 36.5 Å². The number of ether oxygens (including phenoxy) is 2. The lowest BCUT2D eigenvalue weighted by molar-refractivity contribution is -0.186. The summed E-state index contributed by atoms with van der Waals surface area (Å²) in [5.41, 5.74) is 4.93. The average molecular weight is 569 g/mol. The standard InChI is InChI=1S/C34H33FN2O5/c35-29-17-13-24(14-18-29)19-20-36-33(38)28(23-41-31-9-5-7-26-6-1-2-8-30(26)31)22-25-11-15-27(16-12-25)34(39)37-42-32-10-3-4-21-40-32/h1-2,5-9,11-18,22,32H,3-4,10,19-21,23H2,(H,36,38)(H,37,39). The van der Waals surface area contributed by atoms with Gasteiger partial charge in [-0.05, 0) is 72.2 Å². The molecule has 2 N–H and O–H groups in total. The molecule has 1 aliphatic heterocycles. The third-order valence-corrected chi connectivity index (χ3v) is 6.97. The molecule has 5 rings (SSSR count). The summed E-state index contributed by atoms with van der Waals surface area (Å²) in [6.45, 7) is 1.03. The average Bonchev–Trinajstić information content (AvgIpc) is 3.03. The molecule has 216 valence electrons. The van der Waals surface area contributed by atoms with Gasteiger partial charge in [-0.2, -0.15) is 0 Å². The molecule has 0 saturated carbocycles. The minimum Gasteiger partial charge on any atom is -0.488 e. The third kappa shape index (κ3) is 8.02. The van der Waals surface area contributed by atoms with Crippen LogP contribution in [0.4, 0.5) is 4.39 Å². The molecule has 42 heavy (non-hydrogen) atoms. The van der Waals surface area contributed by atoms with E-state index in [2.05, 4.69) is 10.8 Å². The summed E-state index contributed by atoms with van der Waals surface area (Å²) in [6.07, 6.45) is 4.58. The van der Waals surface area contributed by atoms with E-state index in [4.69, 9.17) is 14.3 Å². The Balaban J connectivity index is 1.27. The van der Waals surface area contributed by atoms with Crippen molar-refractivity contribution in [3.8, 4) is 5.75 Å². The molecule has 2 amide bonds. The molecule has 1 atom stereocenters. The van der Waals surface area contributed by atoms with Crippen LogP contribution in [0.25, 0.3) is 16.8 Å². The third-order valence-electron chi connectivity index (χ3n) is 6.97. The fraction of sp³-hybridized carbons (Fsp3) is 0.235. The van der Waals surface area contributed by atoms with Crippen LogP contribution in [-0.4, -0.2) is 37.9 Å². The number of hydrogen-bond donors (Lipinski definition) is 2. The molecule has 1 heterocycles. The van der Waals surface area contributed by atoms with Gasteiger partial charge < -0.3 is 14.8 Å². The number of nitrogens with one attached hydrogen (secondary N) is 2. The number of carbonyl (C=O) groups is 2. The van der Waals surface area contributed by atoms with Crippen LogP contribution in [0.5, 0.6) is 5.75 Å². The molecule has 1 saturated heterocycles. The van der Waals surface area contributed by atoms with E-state index >= 15 is 0 Å². The van der Waals surface area contributed by atoms with E-state index in [9.17, 15) is 14.0 Å². The zero-order valence-electron chi connectivity index (χ0n) is 23.2. The lowest BCUT2D eigenvalue weighted by atomic mass is 10.1. The molecular formula is C34H33FN2O5. The van der Waals surface area contributed by atoms with Crippen molar-refractivity contribution in [2.45, 2.75) is 32.0 Å². The summed E-state index contributed by atoms with van der Waals surface area (Å²) in [6, 6.07) is 26.8. The normalized spacial score (nSPS) is 15.3. The van der Waals surface area contributed by atoms with Crippen molar-refractivity contribution in [2.75, 3.05) is 19.8 Å². The van der Waals surface area contributed by atoms with Crippen molar-refractivity contribution < 1.29 is 28.3 Å². The number of rotatable bonds is 11. The Kier molecular flexibility index (Phi) is 9.93. The van der Waals surface area contributed by atoms with Gasteiger partial charge in [-0.3, -0.25) is 9.59 Å². The molecule has 4 aromatic carbocycles. The monoisotopic (exact) mass is 568 g/mol. The van der Waals surface area contributed by atoms with E-state index in [1.54, 1.807) is 42.5 Å². The number of halogens is 1.